The van der Waals surface area contributed by atoms with Crippen LogP contribution >= 0.6 is 0 Å². The largest absolute Gasteiger partial charge is 0.493 e. The molecule has 1 heterocycles. The first-order valence-electron chi connectivity index (χ1n) is 5.30. The number of sulfone groups is 1. The average molecular weight is 251 g/mol. The minimum atomic E-state index is -3.63. The molecule has 0 aliphatic carbocycles. The zero-order valence-corrected chi connectivity index (χ0v) is 10.5. The van der Waals surface area contributed by atoms with Crippen molar-refractivity contribution >= 4 is 9.84 Å². The Balaban J connectivity index is 2.53. The highest BCUT2D eigenvalue weighted by Gasteiger charge is 2.36. The Kier molecular flexibility index (Phi) is 2.63. The highest BCUT2D eigenvalue weighted by molar-refractivity contribution is 7.93. The molecule has 0 bridgehead atoms. The fourth-order valence-electron chi connectivity index (χ4n) is 1.68. The average Bonchev–Trinajstić information content (AvgIpc) is 2.75. The first-order chi connectivity index (χ1) is 7.88. The lowest BCUT2D eigenvalue weighted by Crippen LogP contribution is -2.29. The second kappa shape index (κ2) is 3.74. The van der Waals surface area contributed by atoms with Gasteiger partial charge < -0.3 is 4.74 Å². The summed E-state index contributed by atoms with van der Waals surface area (Å²) < 4.78 is 28.3. The third-order valence-corrected chi connectivity index (χ3v) is 5.22. The van der Waals surface area contributed by atoms with E-state index in [9.17, 15) is 8.42 Å². The molecule has 0 aromatic heterocycles. The van der Waals surface area contributed by atoms with Crippen LogP contribution in [0, 0.1) is 11.3 Å². The molecule has 0 saturated heterocycles. The molecule has 2 rings (SSSR count). The van der Waals surface area contributed by atoms with Crippen molar-refractivity contribution in [2.75, 3.05) is 6.61 Å². The molecule has 1 aliphatic heterocycles. The smallest absolute Gasteiger partial charge is 0.196 e. The Bertz CT molecular complexity index is 597. The monoisotopic (exact) mass is 251 g/mol. The van der Waals surface area contributed by atoms with Crippen LogP contribution in [0.15, 0.2) is 23.1 Å². The predicted octanol–water partition coefficient (Wildman–Crippen LogP) is 1.70. The van der Waals surface area contributed by atoms with E-state index in [-0.39, 0.29) is 4.90 Å². The molecular weight excluding hydrogens is 238 g/mol. The predicted molar refractivity (Wildman–Crippen MR) is 62.5 cm³/mol. The Morgan fingerprint density at radius 2 is 2.12 bits per heavy atom. The van der Waals surface area contributed by atoms with Crippen molar-refractivity contribution in [2.24, 2.45) is 0 Å². The lowest BCUT2D eigenvalue weighted by molar-refractivity contribution is 0.356. The zero-order valence-electron chi connectivity index (χ0n) is 9.73. The van der Waals surface area contributed by atoms with E-state index < -0.39 is 14.6 Å². The third kappa shape index (κ3) is 1.79. The number of fused-ring (bicyclic) bond motifs is 1. The Hall–Kier alpha value is -1.54. The Morgan fingerprint density at radius 1 is 1.41 bits per heavy atom. The Morgan fingerprint density at radius 3 is 2.76 bits per heavy atom. The molecule has 90 valence electrons. The van der Waals surface area contributed by atoms with Crippen LogP contribution in [0.1, 0.15) is 19.4 Å². The molecule has 1 aromatic carbocycles. The molecule has 5 heteroatoms. The summed E-state index contributed by atoms with van der Waals surface area (Å²) in [5, 5.41) is 8.93. The molecule has 0 amide bonds. The van der Waals surface area contributed by atoms with Gasteiger partial charge in [0.15, 0.2) is 14.6 Å². The number of nitrogens with zero attached hydrogens (tertiary/aromatic N) is 1. The second-order valence-corrected chi connectivity index (χ2v) is 6.99. The van der Waals surface area contributed by atoms with E-state index >= 15 is 0 Å². The highest BCUT2D eigenvalue weighted by Crippen LogP contribution is 2.31. The van der Waals surface area contributed by atoms with Crippen LogP contribution < -0.4 is 4.74 Å². The van der Waals surface area contributed by atoms with Gasteiger partial charge >= 0.3 is 0 Å². The van der Waals surface area contributed by atoms with Gasteiger partial charge in [0, 0.05) is 6.42 Å². The van der Waals surface area contributed by atoms with Crippen LogP contribution in [-0.4, -0.2) is 19.8 Å². The summed E-state index contributed by atoms with van der Waals surface area (Å²) in [6.45, 7) is 3.40. The summed E-state index contributed by atoms with van der Waals surface area (Å²) in [7, 11) is -3.63. The topological polar surface area (TPSA) is 67.2 Å². The van der Waals surface area contributed by atoms with E-state index in [2.05, 4.69) is 0 Å². The van der Waals surface area contributed by atoms with E-state index in [4.69, 9.17) is 10.00 Å². The van der Waals surface area contributed by atoms with Crippen molar-refractivity contribution < 1.29 is 13.2 Å². The van der Waals surface area contributed by atoms with Gasteiger partial charge in [0.1, 0.15) is 5.75 Å². The van der Waals surface area contributed by atoms with Gasteiger partial charge in [-0.15, -0.1) is 0 Å². The highest BCUT2D eigenvalue weighted by atomic mass is 32.2. The molecule has 0 saturated carbocycles. The number of rotatable bonds is 2. The fourth-order valence-corrected chi connectivity index (χ4v) is 2.94. The molecule has 0 radical (unpaired) electrons. The van der Waals surface area contributed by atoms with Gasteiger partial charge in [-0.3, -0.25) is 0 Å². The van der Waals surface area contributed by atoms with Crippen molar-refractivity contribution in [1.82, 2.24) is 0 Å². The first-order valence-corrected chi connectivity index (χ1v) is 6.78. The number of benzene rings is 1. The summed E-state index contributed by atoms with van der Waals surface area (Å²) in [6, 6.07) is 6.59. The second-order valence-electron chi connectivity index (χ2n) is 4.49. The number of hydrogen-bond acceptors (Lipinski definition) is 4. The van der Waals surface area contributed by atoms with Crippen molar-refractivity contribution in [2.45, 2.75) is 29.9 Å². The summed E-state index contributed by atoms with van der Waals surface area (Å²) >= 11 is 0. The molecule has 0 spiro atoms. The Labute approximate surface area is 101 Å². The number of ether oxygens (including phenoxy) is 1. The van der Waals surface area contributed by atoms with Crippen molar-refractivity contribution in [1.29, 1.82) is 5.26 Å². The summed E-state index contributed by atoms with van der Waals surface area (Å²) in [6.07, 6.45) is 0.714. The zero-order chi connectivity index (χ0) is 12.7. The van der Waals surface area contributed by atoms with Crippen LogP contribution in [0.3, 0.4) is 0 Å². The van der Waals surface area contributed by atoms with Gasteiger partial charge in [0.25, 0.3) is 0 Å². The molecule has 0 unspecified atom stereocenters. The molecule has 4 nitrogen and oxygen atoms in total. The lowest BCUT2D eigenvalue weighted by atomic mass is 10.2. The summed E-state index contributed by atoms with van der Waals surface area (Å²) in [5.41, 5.74) is 0.889. The van der Waals surface area contributed by atoms with Crippen molar-refractivity contribution in [3.8, 4) is 11.8 Å². The normalized spacial score (nSPS) is 14.9. The minimum absolute atomic E-state index is 0.188. The maximum Gasteiger partial charge on any atom is 0.196 e. The van der Waals surface area contributed by atoms with Gasteiger partial charge in [-0.25, -0.2) is 8.42 Å². The summed E-state index contributed by atoms with van der Waals surface area (Å²) in [4.78, 5) is 0.188. The number of hydrogen-bond donors (Lipinski definition) is 0. The third-order valence-electron chi connectivity index (χ3n) is 2.91. The van der Waals surface area contributed by atoms with E-state index in [1.807, 2.05) is 6.07 Å². The molecule has 1 aliphatic rings. The van der Waals surface area contributed by atoms with Crippen LogP contribution in [0.4, 0.5) is 0 Å². The van der Waals surface area contributed by atoms with Crippen LogP contribution in [0.2, 0.25) is 0 Å². The van der Waals surface area contributed by atoms with Gasteiger partial charge in [-0.1, -0.05) is 0 Å². The fraction of sp³-hybridized carbons (Fsp3) is 0.417. The number of nitriles is 1. The molecule has 0 atom stereocenters. The SMILES string of the molecule is CC(C)(C#N)S(=O)(=O)c1ccc2c(c1)CCO2. The molecular formula is C12H13NO3S. The van der Waals surface area contributed by atoms with E-state index in [1.165, 1.54) is 19.9 Å². The lowest BCUT2D eigenvalue weighted by Gasteiger charge is -2.16. The van der Waals surface area contributed by atoms with Crippen molar-refractivity contribution in [3.05, 3.63) is 23.8 Å². The van der Waals surface area contributed by atoms with E-state index in [0.717, 1.165) is 11.3 Å². The van der Waals surface area contributed by atoms with Gasteiger partial charge in [0.05, 0.1) is 17.6 Å². The molecule has 0 fully saturated rings. The van der Waals surface area contributed by atoms with E-state index in [1.54, 1.807) is 12.1 Å². The van der Waals surface area contributed by atoms with Gasteiger partial charge in [-0.2, -0.15) is 5.26 Å². The van der Waals surface area contributed by atoms with Crippen LogP contribution in [-0.2, 0) is 16.3 Å². The summed E-state index contributed by atoms with van der Waals surface area (Å²) in [5.74, 6) is 0.735. The maximum atomic E-state index is 12.2. The maximum absolute atomic E-state index is 12.2. The molecule has 0 N–H and O–H groups in total. The van der Waals surface area contributed by atoms with Crippen LogP contribution in [0.25, 0.3) is 0 Å². The first kappa shape index (κ1) is 11.9. The van der Waals surface area contributed by atoms with Crippen molar-refractivity contribution in [3.63, 3.8) is 0 Å². The van der Waals surface area contributed by atoms with Gasteiger partial charge in [-0.05, 0) is 37.6 Å². The standard InChI is InChI=1S/C12H13NO3S/c1-12(2,8-13)17(14,15)10-3-4-11-9(7-10)5-6-16-11/h3-4,7H,5-6H2,1-2H3. The molecule has 1 aromatic rings. The van der Waals surface area contributed by atoms with Gasteiger partial charge in [0.2, 0.25) is 0 Å². The minimum Gasteiger partial charge on any atom is -0.493 e. The molecule has 17 heavy (non-hydrogen) atoms. The van der Waals surface area contributed by atoms with Crippen LogP contribution in [0.5, 0.6) is 5.75 Å². The van der Waals surface area contributed by atoms with E-state index in [0.29, 0.717) is 13.0 Å². The quantitative estimate of drug-likeness (QED) is 0.802.